The highest BCUT2D eigenvalue weighted by atomic mass is 32.2. The van der Waals surface area contributed by atoms with E-state index in [0.29, 0.717) is 17.6 Å². The third kappa shape index (κ3) is 3.95. The molecule has 0 saturated heterocycles. The fraction of sp³-hybridized carbons (Fsp3) is 0.857. The minimum atomic E-state index is 0.189. The molecule has 0 heterocycles. The Hall–Kier alpha value is -0.0900. The number of ketones is 1. The summed E-state index contributed by atoms with van der Waals surface area (Å²) in [5.41, 5.74) is 0. The molecule has 18 heavy (non-hydrogen) atoms. The predicted molar refractivity (Wildman–Crippen MR) is 84.0 cm³/mol. The molecule has 0 aliphatic heterocycles. The average Bonchev–Trinajstić information content (AvgIpc) is 2.27. The molecule has 1 aliphatic carbocycles. The van der Waals surface area contributed by atoms with Crippen LogP contribution in [0, 0.1) is 23.7 Å². The number of carbonyl (C=O) groups excluding carboxylic acids is 1. The highest BCUT2D eigenvalue weighted by molar-refractivity contribution is 8.22. The lowest BCUT2D eigenvalue weighted by atomic mass is 9.71. The molecule has 4 heteroatoms. The summed E-state index contributed by atoms with van der Waals surface area (Å²) in [7, 11) is 3.91. The van der Waals surface area contributed by atoms with Crippen molar-refractivity contribution in [2.45, 2.75) is 33.6 Å². The summed E-state index contributed by atoms with van der Waals surface area (Å²) in [5, 5.41) is 0. The maximum atomic E-state index is 12.5. The SMILES string of the molecule is CC(C)C1CCC(C)C(CSC(=S)N(C)C)C1=O. The van der Waals surface area contributed by atoms with E-state index in [1.165, 1.54) is 6.42 Å². The van der Waals surface area contributed by atoms with Gasteiger partial charge in [-0.1, -0.05) is 44.8 Å². The highest BCUT2D eigenvalue weighted by Gasteiger charge is 2.37. The van der Waals surface area contributed by atoms with Crippen LogP contribution in [-0.4, -0.2) is 34.9 Å². The summed E-state index contributed by atoms with van der Waals surface area (Å²) in [4.78, 5) is 14.4. The fourth-order valence-corrected chi connectivity index (χ4v) is 3.82. The van der Waals surface area contributed by atoms with E-state index in [9.17, 15) is 4.79 Å². The number of hydrogen-bond acceptors (Lipinski definition) is 3. The minimum Gasteiger partial charge on any atom is -0.364 e. The number of thiocarbonyl (C=S) groups is 1. The molecule has 1 aliphatic rings. The molecule has 3 atom stereocenters. The van der Waals surface area contributed by atoms with Gasteiger partial charge in [-0.15, -0.1) is 0 Å². The largest absolute Gasteiger partial charge is 0.364 e. The van der Waals surface area contributed by atoms with Crippen LogP contribution in [0.1, 0.15) is 33.6 Å². The second-order valence-electron chi connectivity index (χ2n) is 5.89. The molecule has 0 radical (unpaired) electrons. The first-order valence-electron chi connectivity index (χ1n) is 6.72. The molecule has 3 unspecified atom stereocenters. The van der Waals surface area contributed by atoms with Crippen LogP contribution in [0.15, 0.2) is 0 Å². The van der Waals surface area contributed by atoms with Crippen molar-refractivity contribution in [3.63, 3.8) is 0 Å². The van der Waals surface area contributed by atoms with Crippen LogP contribution < -0.4 is 0 Å². The molecule has 1 rings (SSSR count). The van der Waals surface area contributed by atoms with E-state index in [-0.39, 0.29) is 11.8 Å². The smallest absolute Gasteiger partial charge is 0.140 e. The summed E-state index contributed by atoms with van der Waals surface area (Å²) in [6.45, 7) is 6.53. The van der Waals surface area contributed by atoms with Gasteiger partial charge in [0.15, 0.2) is 0 Å². The Balaban J connectivity index is 2.61. The quantitative estimate of drug-likeness (QED) is 0.741. The molecular formula is C14H25NOS2. The number of Topliss-reactive ketones (excluding diaryl/α,β-unsaturated/α-hetero) is 1. The van der Waals surface area contributed by atoms with Crippen LogP contribution in [0.5, 0.6) is 0 Å². The van der Waals surface area contributed by atoms with E-state index >= 15 is 0 Å². The van der Waals surface area contributed by atoms with Crippen LogP contribution >= 0.6 is 24.0 Å². The molecule has 0 aromatic rings. The van der Waals surface area contributed by atoms with E-state index in [1.807, 2.05) is 19.0 Å². The van der Waals surface area contributed by atoms with Crippen molar-refractivity contribution in [2.24, 2.45) is 23.7 Å². The van der Waals surface area contributed by atoms with Crippen LogP contribution in [0.3, 0.4) is 0 Å². The van der Waals surface area contributed by atoms with Crippen molar-refractivity contribution in [1.82, 2.24) is 4.90 Å². The maximum Gasteiger partial charge on any atom is 0.140 e. The summed E-state index contributed by atoms with van der Waals surface area (Å²) < 4.78 is 0.877. The molecule has 0 aromatic carbocycles. The van der Waals surface area contributed by atoms with E-state index in [0.717, 1.165) is 16.5 Å². The van der Waals surface area contributed by atoms with Gasteiger partial charge in [0.1, 0.15) is 10.1 Å². The maximum absolute atomic E-state index is 12.5. The standard InChI is InChI=1S/C14H25NOS2/c1-9(2)11-7-6-10(3)12(13(11)16)8-18-14(17)15(4)5/h9-12H,6-8H2,1-5H3. The van der Waals surface area contributed by atoms with Crippen molar-refractivity contribution < 1.29 is 4.79 Å². The number of rotatable bonds is 3. The molecule has 1 saturated carbocycles. The second kappa shape index (κ2) is 6.90. The van der Waals surface area contributed by atoms with Gasteiger partial charge in [-0.3, -0.25) is 4.79 Å². The Bertz CT molecular complexity index is 315. The van der Waals surface area contributed by atoms with E-state index in [2.05, 4.69) is 20.8 Å². The lowest BCUT2D eigenvalue weighted by molar-refractivity contribution is -0.131. The summed E-state index contributed by atoms with van der Waals surface area (Å²) >= 11 is 6.93. The zero-order valence-electron chi connectivity index (χ0n) is 12.1. The number of carbonyl (C=O) groups is 1. The first kappa shape index (κ1) is 16.0. The Labute approximate surface area is 121 Å². The molecule has 0 N–H and O–H groups in total. The zero-order chi connectivity index (χ0) is 13.9. The third-order valence-electron chi connectivity index (χ3n) is 3.91. The van der Waals surface area contributed by atoms with Crippen LogP contribution in [-0.2, 0) is 4.79 Å². The molecule has 0 bridgehead atoms. The summed E-state index contributed by atoms with van der Waals surface area (Å²) in [5.74, 6) is 2.75. The Kier molecular flexibility index (Phi) is 6.12. The van der Waals surface area contributed by atoms with Gasteiger partial charge in [0, 0.05) is 31.7 Å². The second-order valence-corrected chi connectivity index (χ2v) is 7.54. The Morgan fingerprint density at radius 3 is 2.56 bits per heavy atom. The van der Waals surface area contributed by atoms with E-state index in [1.54, 1.807) is 11.8 Å². The summed E-state index contributed by atoms with van der Waals surface area (Å²) in [6.07, 6.45) is 2.24. The van der Waals surface area contributed by atoms with Crippen molar-refractivity contribution in [1.29, 1.82) is 0 Å². The van der Waals surface area contributed by atoms with Crippen LogP contribution in [0.4, 0.5) is 0 Å². The Morgan fingerprint density at radius 2 is 2.06 bits per heavy atom. The van der Waals surface area contributed by atoms with Gasteiger partial charge in [0.25, 0.3) is 0 Å². The summed E-state index contributed by atoms with van der Waals surface area (Å²) in [6, 6.07) is 0. The number of thioether (sulfide) groups is 1. The average molecular weight is 287 g/mol. The van der Waals surface area contributed by atoms with Crippen molar-refractivity contribution in [3.8, 4) is 0 Å². The van der Waals surface area contributed by atoms with Crippen molar-refractivity contribution in [2.75, 3.05) is 19.8 Å². The topological polar surface area (TPSA) is 20.3 Å². The highest BCUT2D eigenvalue weighted by Crippen LogP contribution is 2.36. The minimum absolute atomic E-state index is 0.189. The van der Waals surface area contributed by atoms with Gasteiger partial charge in [0.2, 0.25) is 0 Å². The Morgan fingerprint density at radius 1 is 1.44 bits per heavy atom. The molecule has 1 fully saturated rings. The molecule has 2 nitrogen and oxygen atoms in total. The van der Waals surface area contributed by atoms with Crippen LogP contribution in [0.2, 0.25) is 0 Å². The van der Waals surface area contributed by atoms with Gasteiger partial charge >= 0.3 is 0 Å². The molecule has 0 amide bonds. The van der Waals surface area contributed by atoms with Gasteiger partial charge in [-0.25, -0.2) is 0 Å². The fourth-order valence-electron chi connectivity index (χ4n) is 2.54. The lowest BCUT2D eigenvalue weighted by Gasteiger charge is -2.34. The van der Waals surface area contributed by atoms with Gasteiger partial charge in [-0.2, -0.15) is 0 Å². The van der Waals surface area contributed by atoms with E-state index in [4.69, 9.17) is 12.2 Å². The first-order chi connectivity index (χ1) is 8.34. The van der Waals surface area contributed by atoms with E-state index < -0.39 is 0 Å². The first-order valence-corrected chi connectivity index (χ1v) is 8.11. The molecule has 0 aromatic heterocycles. The number of nitrogens with zero attached hydrogens (tertiary/aromatic N) is 1. The monoisotopic (exact) mass is 287 g/mol. The van der Waals surface area contributed by atoms with Crippen molar-refractivity contribution in [3.05, 3.63) is 0 Å². The lowest BCUT2D eigenvalue weighted by Crippen LogP contribution is -2.38. The van der Waals surface area contributed by atoms with Crippen LogP contribution in [0.25, 0.3) is 0 Å². The number of hydrogen-bond donors (Lipinski definition) is 0. The van der Waals surface area contributed by atoms with Gasteiger partial charge < -0.3 is 4.90 Å². The predicted octanol–water partition coefficient (Wildman–Crippen LogP) is 3.45. The molecular weight excluding hydrogens is 262 g/mol. The van der Waals surface area contributed by atoms with Gasteiger partial charge in [-0.05, 0) is 24.7 Å². The molecule has 104 valence electrons. The normalized spacial score (nSPS) is 28.6. The van der Waals surface area contributed by atoms with Crippen molar-refractivity contribution >= 4 is 34.1 Å². The molecule has 0 spiro atoms. The zero-order valence-corrected chi connectivity index (χ0v) is 13.7. The third-order valence-corrected chi connectivity index (χ3v) is 5.76. The van der Waals surface area contributed by atoms with Gasteiger partial charge in [0.05, 0.1) is 0 Å².